The minimum Gasteiger partial charge on any atom is -0.508 e. The summed E-state index contributed by atoms with van der Waals surface area (Å²) in [5.74, 6) is 5.12. The minimum absolute atomic E-state index is 0.220. The number of phenolic OH excluding ortho intramolecular Hbond substituents is 1. The molecule has 0 aromatic heterocycles. The number of rotatable bonds is 1. The summed E-state index contributed by atoms with van der Waals surface area (Å²) in [6.45, 7) is 0. The van der Waals surface area contributed by atoms with Gasteiger partial charge in [0.05, 0.1) is 6.21 Å². The first-order chi connectivity index (χ1) is 4.83. The number of hydrogen-bond acceptors (Lipinski definition) is 3. The predicted molar refractivity (Wildman–Crippen MR) is 39.9 cm³/mol. The molecule has 0 saturated carbocycles. The van der Waals surface area contributed by atoms with Crippen molar-refractivity contribution >= 4 is 6.21 Å². The van der Waals surface area contributed by atoms with E-state index >= 15 is 0 Å². The van der Waals surface area contributed by atoms with E-state index in [1.54, 1.807) is 24.3 Å². The van der Waals surface area contributed by atoms with Crippen LogP contribution in [0.2, 0.25) is 0 Å². The van der Waals surface area contributed by atoms with Gasteiger partial charge in [0.25, 0.3) is 0 Å². The van der Waals surface area contributed by atoms with Crippen molar-refractivity contribution in [1.29, 1.82) is 0 Å². The highest BCUT2D eigenvalue weighted by Gasteiger charge is 1.87. The standard InChI is InChI=1S/C7H8N2O/c8-9-5-6-2-1-3-7(10)4-6/h1-5,10H,8H2/b9-5-. The Labute approximate surface area is 58.8 Å². The Bertz CT molecular complexity index is 245. The zero-order valence-electron chi connectivity index (χ0n) is 5.36. The van der Waals surface area contributed by atoms with Crippen LogP contribution in [0.5, 0.6) is 5.75 Å². The molecular formula is C7H8N2O. The van der Waals surface area contributed by atoms with Crippen LogP contribution in [-0.2, 0) is 0 Å². The molecule has 1 aromatic carbocycles. The second-order valence-corrected chi connectivity index (χ2v) is 1.87. The Hall–Kier alpha value is -1.51. The summed E-state index contributed by atoms with van der Waals surface area (Å²) >= 11 is 0. The number of aromatic hydroxyl groups is 1. The lowest BCUT2D eigenvalue weighted by Crippen LogP contribution is -1.84. The monoisotopic (exact) mass is 136 g/mol. The summed E-state index contributed by atoms with van der Waals surface area (Å²) < 4.78 is 0. The zero-order chi connectivity index (χ0) is 7.40. The van der Waals surface area contributed by atoms with E-state index < -0.39 is 0 Å². The number of benzene rings is 1. The summed E-state index contributed by atoms with van der Waals surface area (Å²) in [7, 11) is 0. The van der Waals surface area contributed by atoms with Gasteiger partial charge in [-0.05, 0) is 17.7 Å². The third-order valence-electron chi connectivity index (χ3n) is 1.09. The molecule has 3 heteroatoms. The summed E-state index contributed by atoms with van der Waals surface area (Å²) in [4.78, 5) is 0. The fourth-order valence-electron chi connectivity index (χ4n) is 0.691. The molecule has 0 bridgehead atoms. The maximum atomic E-state index is 8.94. The van der Waals surface area contributed by atoms with Crippen LogP contribution in [0.1, 0.15) is 5.56 Å². The number of hydrazone groups is 1. The molecule has 0 amide bonds. The molecule has 0 aliphatic rings. The van der Waals surface area contributed by atoms with Gasteiger partial charge in [-0.25, -0.2) is 0 Å². The van der Waals surface area contributed by atoms with Crippen LogP contribution in [0.25, 0.3) is 0 Å². The fraction of sp³-hybridized carbons (Fsp3) is 0. The van der Waals surface area contributed by atoms with E-state index in [9.17, 15) is 0 Å². The van der Waals surface area contributed by atoms with E-state index in [2.05, 4.69) is 5.10 Å². The van der Waals surface area contributed by atoms with Gasteiger partial charge in [0, 0.05) is 0 Å². The van der Waals surface area contributed by atoms with Crippen molar-refractivity contribution in [3.63, 3.8) is 0 Å². The molecular weight excluding hydrogens is 128 g/mol. The smallest absolute Gasteiger partial charge is 0.116 e. The van der Waals surface area contributed by atoms with Crippen molar-refractivity contribution in [1.82, 2.24) is 0 Å². The molecule has 0 saturated heterocycles. The highest BCUT2D eigenvalue weighted by molar-refractivity contribution is 5.79. The van der Waals surface area contributed by atoms with Crippen molar-refractivity contribution in [2.24, 2.45) is 10.9 Å². The molecule has 0 radical (unpaired) electrons. The van der Waals surface area contributed by atoms with Gasteiger partial charge in [-0.15, -0.1) is 0 Å². The molecule has 0 spiro atoms. The van der Waals surface area contributed by atoms with E-state index in [0.29, 0.717) is 0 Å². The van der Waals surface area contributed by atoms with Crippen molar-refractivity contribution in [2.75, 3.05) is 0 Å². The molecule has 0 unspecified atom stereocenters. The van der Waals surface area contributed by atoms with Crippen LogP contribution in [0, 0.1) is 0 Å². The van der Waals surface area contributed by atoms with Crippen LogP contribution in [0.15, 0.2) is 29.4 Å². The number of hydrogen-bond donors (Lipinski definition) is 2. The Balaban J connectivity index is 2.95. The van der Waals surface area contributed by atoms with Gasteiger partial charge in [-0.1, -0.05) is 12.1 Å². The van der Waals surface area contributed by atoms with Crippen molar-refractivity contribution < 1.29 is 5.11 Å². The third kappa shape index (κ3) is 1.48. The highest BCUT2D eigenvalue weighted by atomic mass is 16.3. The molecule has 0 aliphatic heterocycles. The molecule has 1 aromatic rings. The molecule has 1 rings (SSSR count). The lowest BCUT2D eigenvalue weighted by molar-refractivity contribution is 0.475. The number of phenols is 1. The van der Waals surface area contributed by atoms with Crippen molar-refractivity contribution in [2.45, 2.75) is 0 Å². The van der Waals surface area contributed by atoms with Crippen LogP contribution in [0.4, 0.5) is 0 Å². The van der Waals surface area contributed by atoms with E-state index in [1.807, 2.05) is 0 Å². The molecule has 3 nitrogen and oxygen atoms in total. The van der Waals surface area contributed by atoms with Gasteiger partial charge in [0.1, 0.15) is 5.75 Å². The SMILES string of the molecule is N/N=C\c1cccc(O)c1. The topological polar surface area (TPSA) is 58.6 Å². The molecule has 0 heterocycles. The maximum absolute atomic E-state index is 8.94. The number of nitrogens with zero attached hydrogens (tertiary/aromatic N) is 1. The Morgan fingerprint density at radius 1 is 1.50 bits per heavy atom. The maximum Gasteiger partial charge on any atom is 0.116 e. The average Bonchev–Trinajstić information content (AvgIpc) is 1.88. The quantitative estimate of drug-likeness (QED) is 0.339. The summed E-state index contributed by atoms with van der Waals surface area (Å²) in [5, 5.41) is 12.2. The predicted octanol–water partition coefficient (Wildman–Crippen LogP) is 0.685. The Morgan fingerprint density at radius 2 is 2.30 bits per heavy atom. The van der Waals surface area contributed by atoms with Gasteiger partial charge < -0.3 is 10.9 Å². The van der Waals surface area contributed by atoms with E-state index in [0.717, 1.165) is 5.56 Å². The van der Waals surface area contributed by atoms with Gasteiger partial charge in [0.15, 0.2) is 0 Å². The van der Waals surface area contributed by atoms with E-state index in [-0.39, 0.29) is 5.75 Å². The lowest BCUT2D eigenvalue weighted by Gasteiger charge is -1.91. The van der Waals surface area contributed by atoms with Crippen LogP contribution in [-0.4, -0.2) is 11.3 Å². The van der Waals surface area contributed by atoms with Gasteiger partial charge in [-0.2, -0.15) is 5.10 Å². The Kier molecular flexibility index (Phi) is 1.89. The fourth-order valence-corrected chi connectivity index (χ4v) is 0.691. The van der Waals surface area contributed by atoms with Gasteiger partial charge >= 0.3 is 0 Å². The van der Waals surface area contributed by atoms with Gasteiger partial charge in [0.2, 0.25) is 0 Å². The second kappa shape index (κ2) is 2.87. The molecule has 0 atom stereocenters. The minimum atomic E-state index is 0.220. The molecule has 10 heavy (non-hydrogen) atoms. The summed E-state index contributed by atoms with van der Waals surface area (Å²) in [6.07, 6.45) is 1.47. The molecule has 0 fully saturated rings. The largest absolute Gasteiger partial charge is 0.508 e. The summed E-state index contributed by atoms with van der Waals surface area (Å²) in [6, 6.07) is 6.70. The number of nitrogens with two attached hydrogens (primary N) is 1. The first-order valence-corrected chi connectivity index (χ1v) is 2.85. The first-order valence-electron chi connectivity index (χ1n) is 2.85. The highest BCUT2D eigenvalue weighted by Crippen LogP contribution is 2.08. The van der Waals surface area contributed by atoms with Crippen LogP contribution >= 0.6 is 0 Å². The molecule has 3 N–H and O–H groups in total. The van der Waals surface area contributed by atoms with E-state index in [4.69, 9.17) is 10.9 Å². The average molecular weight is 136 g/mol. The normalized spacial score (nSPS) is 10.4. The van der Waals surface area contributed by atoms with Crippen LogP contribution in [0.3, 0.4) is 0 Å². The van der Waals surface area contributed by atoms with E-state index in [1.165, 1.54) is 6.21 Å². The molecule has 0 aliphatic carbocycles. The summed E-state index contributed by atoms with van der Waals surface area (Å²) in [5.41, 5.74) is 0.794. The van der Waals surface area contributed by atoms with Crippen molar-refractivity contribution in [3.05, 3.63) is 29.8 Å². The van der Waals surface area contributed by atoms with Crippen molar-refractivity contribution in [3.8, 4) is 5.75 Å². The first kappa shape index (κ1) is 6.61. The third-order valence-corrected chi connectivity index (χ3v) is 1.09. The lowest BCUT2D eigenvalue weighted by atomic mass is 10.2. The van der Waals surface area contributed by atoms with Gasteiger partial charge in [-0.3, -0.25) is 0 Å². The Morgan fingerprint density at radius 3 is 2.90 bits per heavy atom. The van der Waals surface area contributed by atoms with Crippen LogP contribution < -0.4 is 5.84 Å². The zero-order valence-corrected chi connectivity index (χ0v) is 5.36. The second-order valence-electron chi connectivity index (χ2n) is 1.87. The molecule has 52 valence electrons.